The predicted octanol–water partition coefficient (Wildman–Crippen LogP) is 1.73. The third kappa shape index (κ3) is 5.30. The molecule has 0 fully saturated rings. The van der Waals surface area contributed by atoms with Crippen LogP contribution in [0.25, 0.3) is 0 Å². The smallest absolute Gasteiger partial charge is 0.232 e. The molecule has 9 heavy (non-hydrogen) atoms. The summed E-state index contributed by atoms with van der Waals surface area (Å²) in [4.78, 5) is 0. The first kappa shape index (κ1) is 8.43. The minimum Gasteiger partial charge on any atom is -0.406 e. The Bertz CT molecular complexity index is 138. The molecule has 1 atom stereocenters. The van der Waals surface area contributed by atoms with Gasteiger partial charge in [-0.2, -0.15) is 0 Å². The van der Waals surface area contributed by atoms with Crippen molar-refractivity contribution in [1.82, 2.24) is 0 Å². The van der Waals surface area contributed by atoms with Gasteiger partial charge in [0.25, 0.3) is 0 Å². The number of rotatable bonds is 3. The second-order valence-corrected chi connectivity index (χ2v) is 2.28. The molecule has 0 saturated carbocycles. The van der Waals surface area contributed by atoms with Crippen molar-refractivity contribution in [1.29, 1.82) is 0 Å². The van der Waals surface area contributed by atoms with E-state index in [1.165, 1.54) is 11.7 Å². The Morgan fingerprint density at radius 3 is 2.44 bits per heavy atom. The highest BCUT2D eigenvalue weighted by Gasteiger charge is 1.84. The van der Waals surface area contributed by atoms with E-state index in [-0.39, 0.29) is 0 Å². The van der Waals surface area contributed by atoms with Crippen molar-refractivity contribution in [2.24, 2.45) is 0 Å². The fourth-order valence-electron chi connectivity index (χ4n) is 0.253. The van der Waals surface area contributed by atoms with Crippen LogP contribution in [0.4, 0.5) is 0 Å². The van der Waals surface area contributed by atoms with Crippen LogP contribution in [-0.4, -0.2) is 4.21 Å². The lowest BCUT2D eigenvalue weighted by molar-refractivity contribution is 0.512. The Balaban J connectivity index is 3.51. The molecule has 0 heterocycles. The maximum atomic E-state index is 10.6. The van der Waals surface area contributed by atoms with Crippen LogP contribution in [0.2, 0.25) is 0 Å². The molecule has 0 aromatic carbocycles. The van der Waals surface area contributed by atoms with Crippen molar-refractivity contribution < 1.29 is 8.39 Å². The van der Waals surface area contributed by atoms with Gasteiger partial charge in [0.15, 0.2) is 0 Å². The molecular formula is C6H10O2S. The lowest BCUT2D eigenvalue weighted by Crippen LogP contribution is -1.82. The van der Waals surface area contributed by atoms with Gasteiger partial charge in [-0.1, -0.05) is 12.2 Å². The summed E-state index contributed by atoms with van der Waals surface area (Å²) in [5.41, 5.74) is 0. The zero-order chi connectivity index (χ0) is 7.11. The molecule has 0 aliphatic carbocycles. The molecule has 0 aliphatic heterocycles. The molecule has 52 valence electrons. The van der Waals surface area contributed by atoms with Gasteiger partial charge in [-0.05, 0) is 13.8 Å². The summed E-state index contributed by atoms with van der Waals surface area (Å²) in [5.74, 6) is 0. The Hall–Kier alpha value is -0.570. The van der Waals surface area contributed by atoms with E-state index in [1.54, 1.807) is 26.0 Å². The molecule has 0 aliphatic rings. The molecule has 0 saturated heterocycles. The minimum absolute atomic E-state index is 1.29. The molecule has 2 nitrogen and oxygen atoms in total. The van der Waals surface area contributed by atoms with Crippen molar-refractivity contribution in [2.45, 2.75) is 13.8 Å². The molecule has 0 N–H and O–H groups in total. The van der Waals surface area contributed by atoms with Gasteiger partial charge in [0.1, 0.15) is 0 Å². The van der Waals surface area contributed by atoms with Gasteiger partial charge in [-0.25, -0.2) is 4.21 Å². The Morgan fingerprint density at radius 2 is 2.00 bits per heavy atom. The van der Waals surface area contributed by atoms with Crippen molar-refractivity contribution >= 4 is 11.1 Å². The van der Waals surface area contributed by atoms with Gasteiger partial charge >= 0.3 is 0 Å². The van der Waals surface area contributed by atoms with E-state index in [0.717, 1.165) is 0 Å². The van der Waals surface area contributed by atoms with E-state index in [1.807, 2.05) is 0 Å². The van der Waals surface area contributed by atoms with Gasteiger partial charge < -0.3 is 4.18 Å². The van der Waals surface area contributed by atoms with Crippen LogP contribution in [0.5, 0.6) is 0 Å². The summed E-state index contributed by atoms with van der Waals surface area (Å²) >= 11 is -1.29. The van der Waals surface area contributed by atoms with E-state index in [9.17, 15) is 4.21 Å². The predicted molar refractivity (Wildman–Crippen MR) is 38.9 cm³/mol. The Morgan fingerprint density at radius 1 is 1.33 bits per heavy atom. The maximum absolute atomic E-state index is 10.6. The molecule has 0 spiro atoms. The maximum Gasteiger partial charge on any atom is 0.232 e. The lowest BCUT2D eigenvalue weighted by Gasteiger charge is -1.89. The fraction of sp³-hybridized carbons (Fsp3) is 0.333. The molecule has 0 radical (unpaired) electrons. The molecule has 0 rings (SSSR count). The topological polar surface area (TPSA) is 26.3 Å². The largest absolute Gasteiger partial charge is 0.406 e. The van der Waals surface area contributed by atoms with Crippen molar-refractivity contribution in [3.05, 3.63) is 23.8 Å². The Kier molecular flexibility index (Phi) is 5.21. The standard InChI is InChI=1S/C6H10O2S/c1-3-5-8-9(7)6-4-2/h3-6H,1-2H3. The average molecular weight is 146 g/mol. The number of hydrogen-bond acceptors (Lipinski definition) is 2. The first-order chi connectivity index (χ1) is 4.31. The zero-order valence-electron chi connectivity index (χ0n) is 5.53. The third-order valence-corrected chi connectivity index (χ3v) is 1.33. The van der Waals surface area contributed by atoms with Crippen molar-refractivity contribution in [3.8, 4) is 0 Å². The molecule has 0 amide bonds. The normalized spacial score (nSPS) is 14.9. The second-order valence-electron chi connectivity index (χ2n) is 1.30. The molecular weight excluding hydrogens is 136 g/mol. The quantitative estimate of drug-likeness (QED) is 0.567. The number of hydrogen-bond donors (Lipinski definition) is 0. The Labute approximate surface area is 57.9 Å². The van der Waals surface area contributed by atoms with Crippen LogP contribution in [-0.2, 0) is 15.3 Å². The summed E-state index contributed by atoms with van der Waals surface area (Å²) in [6, 6.07) is 0. The van der Waals surface area contributed by atoms with Crippen molar-refractivity contribution in [3.63, 3.8) is 0 Å². The van der Waals surface area contributed by atoms with Crippen LogP contribution in [0.1, 0.15) is 13.8 Å². The first-order valence-electron chi connectivity index (χ1n) is 2.63. The molecule has 3 heteroatoms. The van der Waals surface area contributed by atoms with Gasteiger partial charge in [0.2, 0.25) is 11.1 Å². The highest BCUT2D eigenvalue weighted by molar-refractivity contribution is 7.83. The van der Waals surface area contributed by atoms with Crippen LogP contribution in [0.3, 0.4) is 0 Å². The van der Waals surface area contributed by atoms with Crippen LogP contribution >= 0.6 is 0 Å². The summed E-state index contributed by atoms with van der Waals surface area (Å²) < 4.78 is 15.2. The lowest BCUT2D eigenvalue weighted by atomic mass is 10.8. The summed E-state index contributed by atoms with van der Waals surface area (Å²) in [7, 11) is 0. The highest BCUT2D eigenvalue weighted by Crippen LogP contribution is 1.88. The monoisotopic (exact) mass is 146 g/mol. The number of allylic oxidation sites excluding steroid dienone is 2. The summed E-state index contributed by atoms with van der Waals surface area (Å²) in [6.07, 6.45) is 4.76. The molecule has 1 unspecified atom stereocenters. The molecule has 0 aromatic rings. The second kappa shape index (κ2) is 5.56. The SMILES string of the molecule is CC=COS(=O)C=CC. The fourth-order valence-corrected chi connectivity index (χ4v) is 0.760. The van der Waals surface area contributed by atoms with E-state index < -0.39 is 11.1 Å². The van der Waals surface area contributed by atoms with Crippen molar-refractivity contribution in [2.75, 3.05) is 0 Å². The highest BCUT2D eigenvalue weighted by atomic mass is 32.2. The van der Waals surface area contributed by atoms with Crippen LogP contribution in [0, 0.1) is 0 Å². The van der Waals surface area contributed by atoms with Gasteiger partial charge in [0, 0.05) is 5.41 Å². The molecule has 0 bridgehead atoms. The minimum atomic E-state index is -1.29. The summed E-state index contributed by atoms with van der Waals surface area (Å²) in [6.45, 7) is 3.59. The van der Waals surface area contributed by atoms with E-state index in [2.05, 4.69) is 4.18 Å². The van der Waals surface area contributed by atoms with Gasteiger partial charge in [-0.3, -0.25) is 0 Å². The van der Waals surface area contributed by atoms with Gasteiger partial charge in [-0.15, -0.1) is 0 Å². The van der Waals surface area contributed by atoms with E-state index in [4.69, 9.17) is 0 Å². The molecule has 0 aromatic heterocycles. The average Bonchev–Trinajstić information content (AvgIpc) is 1.85. The van der Waals surface area contributed by atoms with Crippen LogP contribution in [0.15, 0.2) is 23.8 Å². The van der Waals surface area contributed by atoms with E-state index >= 15 is 0 Å². The summed E-state index contributed by atoms with van der Waals surface area (Å²) in [5, 5.41) is 1.47. The van der Waals surface area contributed by atoms with Gasteiger partial charge in [0.05, 0.1) is 6.26 Å². The zero-order valence-corrected chi connectivity index (χ0v) is 6.35. The van der Waals surface area contributed by atoms with Crippen LogP contribution < -0.4 is 0 Å². The third-order valence-electron chi connectivity index (χ3n) is 0.534. The first-order valence-corrected chi connectivity index (χ1v) is 3.76. The van der Waals surface area contributed by atoms with E-state index in [0.29, 0.717) is 0 Å².